The molecule has 0 saturated carbocycles. The highest BCUT2D eigenvalue weighted by molar-refractivity contribution is 5.53. The second kappa shape index (κ2) is 3.41. The van der Waals surface area contributed by atoms with Gasteiger partial charge in [0.1, 0.15) is 0 Å². The summed E-state index contributed by atoms with van der Waals surface area (Å²) in [6, 6.07) is 8.63. The maximum absolute atomic E-state index is 3.49. The van der Waals surface area contributed by atoms with Gasteiger partial charge >= 0.3 is 0 Å². The Morgan fingerprint density at radius 3 is 2.85 bits per heavy atom. The lowest BCUT2D eigenvalue weighted by Gasteiger charge is -2.28. The van der Waals surface area contributed by atoms with E-state index < -0.39 is 0 Å². The van der Waals surface area contributed by atoms with Gasteiger partial charge in [-0.3, -0.25) is 0 Å². The van der Waals surface area contributed by atoms with Crippen LogP contribution in [-0.4, -0.2) is 6.54 Å². The Hall–Kier alpha value is -0.980. The molecule has 0 aromatic heterocycles. The number of para-hydroxylation sites is 1. The van der Waals surface area contributed by atoms with E-state index in [2.05, 4.69) is 43.4 Å². The van der Waals surface area contributed by atoms with Gasteiger partial charge in [-0.1, -0.05) is 32.0 Å². The third kappa shape index (κ3) is 1.69. The van der Waals surface area contributed by atoms with Crippen molar-refractivity contribution in [2.24, 2.45) is 11.8 Å². The summed E-state index contributed by atoms with van der Waals surface area (Å²) in [5, 5.41) is 3.49. The van der Waals surface area contributed by atoms with Crippen molar-refractivity contribution in [3.8, 4) is 0 Å². The fourth-order valence-electron chi connectivity index (χ4n) is 1.94. The molecule has 1 aliphatic heterocycles. The first-order chi connectivity index (χ1) is 6.27. The molecule has 0 fully saturated rings. The second-order valence-corrected chi connectivity index (χ2v) is 4.25. The predicted molar refractivity (Wildman–Crippen MR) is 57.0 cm³/mol. The normalized spacial score (nSPS) is 21.0. The van der Waals surface area contributed by atoms with E-state index in [0.29, 0.717) is 0 Å². The lowest BCUT2D eigenvalue weighted by Crippen LogP contribution is -2.26. The number of hydrogen-bond donors (Lipinski definition) is 1. The van der Waals surface area contributed by atoms with Crippen molar-refractivity contribution in [1.82, 2.24) is 0 Å². The molecular weight excluding hydrogens is 158 g/mol. The molecule has 0 saturated heterocycles. The van der Waals surface area contributed by atoms with Crippen LogP contribution in [0.3, 0.4) is 0 Å². The van der Waals surface area contributed by atoms with Gasteiger partial charge in [0.05, 0.1) is 0 Å². The summed E-state index contributed by atoms with van der Waals surface area (Å²) in [7, 11) is 0. The lowest BCUT2D eigenvalue weighted by molar-refractivity contribution is 0.394. The van der Waals surface area contributed by atoms with E-state index in [9.17, 15) is 0 Å². The maximum atomic E-state index is 3.49. The van der Waals surface area contributed by atoms with Gasteiger partial charge in [-0.05, 0) is 29.9 Å². The minimum absolute atomic E-state index is 0.779. The first kappa shape index (κ1) is 8.61. The van der Waals surface area contributed by atoms with Crippen molar-refractivity contribution >= 4 is 5.69 Å². The molecule has 1 N–H and O–H groups in total. The smallest absolute Gasteiger partial charge is 0.0372 e. The lowest BCUT2D eigenvalue weighted by atomic mass is 9.86. The fourth-order valence-corrected chi connectivity index (χ4v) is 1.94. The Kier molecular flexibility index (Phi) is 2.26. The highest BCUT2D eigenvalue weighted by Gasteiger charge is 2.19. The van der Waals surface area contributed by atoms with Gasteiger partial charge in [-0.2, -0.15) is 0 Å². The molecule has 1 aliphatic rings. The van der Waals surface area contributed by atoms with E-state index in [-0.39, 0.29) is 0 Å². The van der Waals surface area contributed by atoms with Crippen LogP contribution in [0.25, 0.3) is 0 Å². The van der Waals surface area contributed by atoms with Crippen LogP contribution in [-0.2, 0) is 6.42 Å². The Bertz CT molecular complexity index is 291. The molecule has 1 heterocycles. The molecule has 0 bridgehead atoms. The second-order valence-electron chi connectivity index (χ2n) is 4.25. The SMILES string of the molecule is CC(C)[C@@H]1CNc2ccccc2C1. The fraction of sp³-hybridized carbons (Fsp3) is 0.500. The number of nitrogens with one attached hydrogen (secondary N) is 1. The topological polar surface area (TPSA) is 12.0 Å². The molecule has 13 heavy (non-hydrogen) atoms. The number of benzene rings is 1. The van der Waals surface area contributed by atoms with E-state index in [1.165, 1.54) is 17.7 Å². The monoisotopic (exact) mass is 175 g/mol. The summed E-state index contributed by atoms with van der Waals surface area (Å²) in [6.07, 6.45) is 1.24. The maximum Gasteiger partial charge on any atom is 0.0372 e. The van der Waals surface area contributed by atoms with Crippen LogP contribution in [0, 0.1) is 11.8 Å². The average molecular weight is 175 g/mol. The Morgan fingerprint density at radius 2 is 2.08 bits per heavy atom. The summed E-state index contributed by atoms with van der Waals surface area (Å²) in [6.45, 7) is 5.75. The zero-order valence-electron chi connectivity index (χ0n) is 8.38. The quantitative estimate of drug-likeness (QED) is 0.692. The summed E-state index contributed by atoms with van der Waals surface area (Å²) >= 11 is 0. The minimum atomic E-state index is 0.779. The Balaban J connectivity index is 2.20. The molecule has 2 rings (SSSR count). The molecule has 0 unspecified atom stereocenters. The van der Waals surface area contributed by atoms with Crippen LogP contribution >= 0.6 is 0 Å². The standard InChI is InChI=1S/C12H17N/c1-9(2)11-7-10-5-3-4-6-12(10)13-8-11/h3-6,9,11,13H,7-8H2,1-2H3/t11-/m0/s1. The van der Waals surface area contributed by atoms with Gasteiger partial charge in [-0.15, -0.1) is 0 Å². The summed E-state index contributed by atoms with van der Waals surface area (Å²) in [5.41, 5.74) is 2.81. The molecule has 1 heteroatoms. The van der Waals surface area contributed by atoms with E-state index in [1.807, 2.05) is 0 Å². The minimum Gasteiger partial charge on any atom is -0.385 e. The third-order valence-corrected chi connectivity index (χ3v) is 3.00. The summed E-state index contributed by atoms with van der Waals surface area (Å²) in [5.74, 6) is 1.58. The van der Waals surface area contributed by atoms with Crippen molar-refractivity contribution in [3.05, 3.63) is 29.8 Å². The highest BCUT2D eigenvalue weighted by Crippen LogP contribution is 2.27. The van der Waals surface area contributed by atoms with Crippen LogP contribution in [0.5, 0.6) is 0 Å². The molecule has 0 amide bonds. The van der Waals surface area contributed by atoms with Gasteiger partial charge in [0.2, 0.25) is 0 Å². The van der Waals surface area contributed by atoms with Crippen molar-refractivity contribution in [2.45, 2.75) is 20.3 Å². The van der Waals surface area contributed by atoms with Crippen LogP contribution < -0.4 is 5.32 Å². The average Bonchev–Trinajstić information content (AvgIpc) is 2.17. The summed E-state index contributed by atoms with van der Waals surface area (Å²) in [4.78, 5) is 0. The number of anilines is 1. The van der Waals surface area contributed by atoms with E-state index in [0.717, 1.165) is 18.4 Å². The van der Waals surface area contributed by atoms with Crippen LogP contribution in [0.1, 0.15) is 19.4 Å². The molecule has 0 spiro atoms. The van der Waals surface area contributed by atoms with Crippen molar-refractivity contribution < 1.29 is 0 Å². The van der Waals surface area contributed by atoms with E-state index in [4.69, 9.17) is 0 Å². The van der Waals surface area contributed by atoms with Gasteiger partial charge in [0.25, 0.3) is 0 Å². The third-order valence-electron chi connectivity index (χ3n) is 3.00. The molecule has 0 radical (unpaired) electrons. The molecule has 1 aromatic rings. The summed E-state index contributed by atoms with van der Waals surface area (Å²) < 4.78 is 0. The van der Waals surface area contributed by atoms with Crippen LogP contribution in [0.2, 0.25) is 0 Å². The molecule has 0 aliphatic carbocycles. The zero-order valence-corrected chi connectivity index (χ0v) is 8.38. The molecule has 1 nitrogen and oxygen atoms in total. The van der Waals surface area contributed by atoms with E-state index in [1.54, 1.807) is 0 Å². The van der Waals surface area contributed by atoms with Gasteiger partial charge in [-0.25, -0.2) is 0 Å². The van der Waals surface area contributed by atoms with Gasteiger partial charge in [0, 0.05) is 12.2 Å². The van der Waals surface area contributed by atoms with Crippen molar-refractivity contribution in [1.29, 1.82) is 0 Å². The number of rotatable bonds is 1. The number of hydrogen-bond acceptors (Lipinski definition) is 1. The van der Waals surface area contributed by atoms with Crippen molar-refractivity contribution in [3.63, 3.8) is 0 Å². The van der Waals surface area contributed by atoms with E-state index >= 15 is 0 Å². The largest absolute Gasteiger partial charge is 0.385 e. The predicted octanol–water partition coefficient (Wildman–Crippen LogP) is 2.93. The van der Waals surface area contributed by atoms with Crippen LogP contribution in [0.4, 0.5) is 5.69 Å². The Morgan fingerprint density at radius 1 is 1.31 bits per heavy atom. The Labute approximate surface area is 80.2 Å². The highest BCUT2D eigenvalue weighted by atomic mass is 14.9. The van der Waals surface area contributed by atoms with Gasteiger partial charge in [0.15, 0.2) is 0 Å². The first-order valence-corrected chi connectivity index (χ1v) is 5.09. The number of fused-ring (bicyclic) bond motifs is 1. The molecule has 1 aromatic carbocycles. The first-order valence-electron chi connectivity index (χ1n) is 5.09. The molecule has 1 atom stereocenters. The van der Waals surface area contributed by atoms with Crippen LogP contribution in [0.15, 0.2) is 24.3 Å². The van der Waals surface area contributed by atoms with Gasteiger partial charge < -0.3 is 5.32 Å². The molecular formula is C12H17N. The molecule has 70 valence electrons. The zero-order chi connectivity index (χ0) is 9.26. The van der Waals surface area contributed by atoms with Crippen molar-refractivity contribution in [2.75, 3.05) is 11.9 Å².